The summed E-state index contributed by atoms with van der Waals surface area (Å²) >= 11 is 0. The van der Waals surface area contributed by atoms with E-state index >= 15 is 0 Å². The van der Waals surface area contributed by atoms with E-state index in [2.05, 4.69) is 10.6 Å². The second kappa shape index (κ2) is 8.85. The number of hydrogen-bond acceptors (Lipinski definition) is 4. The molecule has 2 fully saturated rings. The number of amides is 4. The molecule has 0 aliphatic carbocycles. The van der Waals surface area contributed by atoms with Gasteiger partial charge in [0.2, 0.25) is 5.91 Å². The van der Waals surface area contributed by atoms with Crippen LogP contribution >= 0.6 is 0 Å². The van der Waals surface area contributed by atoms with Crippen molar-refractivity contribution in [3.05, 3.63) is 29.8 Å². The number of nitrogens with zero attached hydrogens (tertiary/aromatic N) is 2. The normalized spacial score (nSPS) is 18.3. The number of anilines is 1. The molecular weight excluding hydrogens is 348 g/mol. The molecule has 0 saturated carbocycles. The minimum absolute atomic E-state index is 0.0294. The van der Waals surface area contributed by atoms with Crippen molar-refractivity contribution < 1.29 is 19.1 Å². The Morgan fingerprint density at radius 3 is 2.48 bits per heavy atom. The molecule has 0 aromatic heterocycles. The Balaban J connectivity index is 1.47. The third kappa shape index (κ3) is 5.19. The van der Waals surface area contributed by atoms with Crippen molar-refractivity contribution in [1.82, 2.24) is 15.1 Å². The van der Waals surface area contributed by atoms with Crippen LogP contribution in [0.15, 0.2) is 24.3 Å². The zero-order valence-electron chi connectivity index (χ0n) is 15.6. The zero-order chi connectivity index (χ0) is 19.2. The molecule has 1 atom stereocenters. The highest BCUT2D eigenvalue weighted by molar-refractivity contribution is 5.95. The molecule has 4 amide bonds. The van der Waals surface area contributed by atoms with E-state index in [1.54, 1.807) is 34.1 Å². The van der Waals surface area contributed by atoms with E-state index in [-0.39, 0.29) is 23.9 Å². The monoisotopic (exact) mass is 374 g/mol. The molecule has 1 aromatic carbocycles. The Morgan fingerprint density at radius 1 is 1.15 bits per heavy atom. The molecule has 8 heteroatoms. The van der Waals surface area contributed by atoms with Crippen LogP contribution in [0, 0.1) is 0 Å². The molecule has 2 saturated heterocycles. The van der Waals surface area contributed by atoms with Crippen LogP contribution in [0.25, 0.3) is 0 Å². The summed E-state index contributed by atoms with van der Waals surface area (Å²) in [5.74, 6) is 0.114. The summed E-state index contributed by atoms with van der Waals surface area (Å²) in [6, 6.07) is 6.36. The van der Waals surface area contributed by atoms with Crippen LogP contribution in [-0.2, 0) is 9.53 Å². The second-order valence-electron chi connectivity index (χ2n) is 6.92. The van der Waals surface area contributed by atoms with Gasteiger partial charge in [0.1, 0.15) is 0 Å². The minimum atomic E-state index is -0.332. The first-order valence-corrected chi connectivity index (χ1v) is 9.35. The Bertz CT molecular complexity index is 685. The van der Waals surface area contributed by atoms with Crippen molar-refractivity contribution in [1.29, 1.82) is 0 Å². The highest BCUT2D eigenvalue weighted by Gasteiger charge is 2.22. The third-order valence-electron chi connectivity index (χ3n) is 4.73. The van der Waals surface area contributed by atoms with Crippen LogP contribution in [0.1, 0.15) is 30.1 Å². The van der Waals surface area contributed by atoms with Crippen LogP contribution in [0.4, 0.5) is 10.5 Å². The zero-order valence-corrected chi connectivity index (χ0v) is 15.6. The lowest BCUT2D eigenvalue weighted by molar-refractivity contribution is -0.127. The van der Waals surface area contributed by atoms with Gasteiger partial charge >= 0.3 is 6.03 Å². The average Bonchev–Trinajstić information content (AvgIpc) is 3.07. The van der Waals surface area contributed by atoms with Crippen molar-refractivity contribution in [2.24, 2.45) is 0 Å². The molecule has 3 rings (SSSR count). The van der Waals surface area contributed by atoms with Crippen molar-refractivity contribution in [2.75, 3.05) is 44.7 Å². The maximum atomic E-state index is 12.4. The largest absolute Gasteiger partial charge is 0.378 e. The van der Waals surface area contributed by atoms with Crippen LogP contribution in [0.3, 0.4) is 0 Å². The number of carbonyl (C=O) groups excluding carboxylic acids is 3. The highest BCUT2D eigenvalue weighted by atomic mass is 16.5. The summed E-state index contributed by atoms with van der Waals surface area (Å²) in [6.45, 7) is 5.45. The first kappa shape index (κ1) is 19.2. The fraction of sp³-hybridized carbons (Fsp3) is 0.526. The number of hydrogen-bond donors (Lipinski definition) is 2. The van der Waals surface area contributed by atoms with E-state index in [1.807, 2.05) is 6.92 Å². The van der Waals surface area contributed by atoms with Crippen LogP contribution in [0.2, 0.25) is 0 Å². The molecule has 2 heterocycles. The van der Waals surface area contributed by atoms with Crippen molar-refractivity contribution in [2.45, 2.75) is 25.8 Å². The lowest BCUT2D eigenvalue weighted by Gasteiger charge is -2.26. The summed E-state index contributed by atoms with van der Waals surface area (Å²) in [5.41, 5.74) is 1.19. The number of ether oxygens (including phenoxy) is 1. The number of urea groups is 1. The fourth-order valence-electron chi connectivity index (χ4n) is 3.31. The molecular formula is C19H26N4O4. The van der Waals surface area contributed by atoms with Gasteiger partial charge in [-0.05, 0) is 37.6 Å². The van der Waals surface area contributed by atoms with Gasteiger partial charge < -0.3 is 25.2 Å². The molecule has 1 aromatic rings. The Morgan fingerprint density at radius 2 is 1.85 bits per heavy atom. The van der Waals surface area contributed by atoms with Gasteiger partial charge in [-0.3, -0.25) is 9.59 Å². The predicted octanol–water partition coefficient (Wildman–Crippen LogP) is 1.29. The van der Waals surface area contributed by atoms with Gasteiger partial charge in [0.25, 0.3) is 5.91 Å². The number of rotatable bonds is 5. The summed E-state index contributed by atoms with van der Waals surface area (Å²) in [5, 5.41) is 5.59. The Hall–Kier alpha value is -2.61. The maximum Gasteiger partial charge on any atom is 0.319 e. The predicted molar refractivity (Wildman–Crippen MR) is 101 cm³/mol. The van der Waals surface area contributed by atoms with E-state index in [9.17, 15) is 14.4 Å². The van der Waals surface area contributed by atoms with E-state index in [0.717, 1.165) is 13.0 Å². The number of morpholine rings is 1. The van der Waals surface area contributed by atoms with Crippen LogP contribution in [-0.4, -0.2) is 73.1 Å². The van der Waals surface area contributed by atoms with Crippen molar-refractivity contribution in [3.8, 4) is 0 Å². The Labute approximate surface area is 158 Å². The third-order valence-corrected chi connectivity index (χ3v) is 4.73. The van der Waals surface area contributed by atoms with Gasteiger partial charge in [0.15, 0.2) is 0 Å². The lowest BCUT2D eigenvalue weighted by Crippen LogP contribution is -2.44. The standard InChI is InChI=1S/C19H26N4O4/c1-14(13-23-8-2-3-17(23)24)20-19(26)21-16-6-4-15(5-7-16)18(25)22-9-11-27-12-10-22/h4-7,14H,2-3,8-13H2,1H3,(H2,20,21,26)/t14-/m1/s1. The second-order valence-corrected chi connectivity index (χ2v) is 6.92. The number of likely N-dealkylation sites (tertiary alicyclic amines) is 1. The maximum absolute atomic E-state index is 12.4. The van der Waals surface area contributed by atoms with Gasteiger partial charge in [-0.1, -0.05) is 0 Å². The van der Waals surface area contributed by atoms with Crippen LogP contribution in [0.5, 0.6) is 0 Å². The number of carbonyl (C=O) groups is 3. The molecule has 0 radical (unpaired) electrons. The van der Waals surface area contributed by atoms with Gasteiger partial charge in [0.05, 0.1) is 13.2 Å². The molecule has 2 aliphatic rings. The van der Waals surface area contributed by atoms with Gasteiger partial charge in [-0.25, -0.2) is 4.79 Å². The van der Waals surface area contributed by atoms with E-state index in [0.29, 0.717) is 50.5 Å². The van der Waals surface area contributed by atoms with Crippen molar-refractivity contribution >= 4 is 23.5 Å². The SMILES string of the molecule is C[C@H](CN1CCCC1=O)NC(=O)Nc1ccc(C(=O)N2CCOCC2)cc1. The fourth-order valence-corrected chi connectivity index (χ4v) is 3.31. The lowest BCUT2D eigenvalue weighted by atomic mass is 10.1. The molecule has 8 nitrogen and oxygen atoms in total. The summed E-state index contributed by atoms with van der Waals surface area (Å²) < 4.78 is 5.26. The molecule has 0 unspecified atom stereocenters. The number of nitrogens with one attached hydrogen (secondary N) is 2. The Kier molecular flexibility index (Phi) is 6.28. The average molecular weight is 374 g/mol. The van der Waals surface area contributed by atoms with Gasteiger partial charge in [0, 0.05) is 49.9 Å². The topological polar surface area (TPSA) is 91.0 Å². The highest BCUT2D eigenvalue weighted by Crippen LogP contribution is 2.13. The molecule has 2 aliphatic heterocycles. The van der Waals surface area contributed by atoms with Crippen molar-refractivity contribution in [3.63, 3.8) is 0 Å². The van der Waals surface area contributed by atoms with Gasteiger partial charge in [-0.15, -0.1) is 0 Å². The first-order valence-electron chi connectivity index (χ1n) is 9.35. The molecule has 27 heavy (non-hydrogen) atoms. The minimum Gasteiger partial charge on any atom is -0.378 e. The summed E-state index contributed by atoms with van der Waals surface area (Å²) in [7, 11) is 0. The number of benzene rings is 1. The summed E-state index contributed by atoms with van der Waals surface area (Å²) in [6.07, 6.45) is 1.47. The quantitative estimate of drug-likeness (QED) is 0.813. The molecule has 2 N–H and O–H groups in total. The van der Waals surface area contributed by atoms with E-state index < -0.39 is 0 Å². The van der Waals surface area contributed by atoms with Crippen LogP contribution < -0.4 is 10.6 Å². The smallest absolute Gasteiger partial charge is 0.319 e. The summed E-state index contributed by atoms with van der Waals surface area (Å²) in [4.78, 5) is 39.7. The molecule has 0 bridgehead atoms. The van der Waals surface area contributed by atoms with E-state index in [4.69, 9.17) is 4.74 Å². The van der Waals surface area contributed by atoms with E-state index in [1.165, 1.54) is 0 Å². The van der Waals surface area contributed by atoms with Gasteiger partial charge in [-0.2, -0.15) is 0 Å². The first-order chi connectivity index (χ1) is 13.0. The molecule has 146 valence electrons. The molecule has 0 spiro atoms.